The van der Waals surface area contributed by atoms with Crippen LogP contribution in [0, 0.1) is 66.7 Å². The molecule has 3 aromatic heterocycles. The van der Waals surface area contributed by atoms with E-state index in [0.29, 0.717) is 5.56 Å². The van der Waals surface area contributed by atoms with E-state index in [1.54, 1.807) is 0 Å². The number of aryl methyl sites for hydroxylation is 8. The van der Waals surface area contributed by atoms with Crippen LogP contribution < -0.4 is 0 Å². The largest absolute Gasteiger partial charge is 0.307 e. The van der Waals surface area contributed by atoms with E-state index in [9.17, 15) is 5.26 Å². The molecular weight excluding hydrogens is 873 g/mol. The third-order valence-electron chi connectivity index (χ3n) is 14.4. The molecule has 4 heteroatoms. The van der Waals surface area contributed by atoms with Crippen LogP contribution in [-0.2, 0) is 0 Å². The molecule has 0 fully saturated rings. The zero-order valence-electron chi connectivity index (χ0n) is 42.1. The van der Waals surface area contributed by atoms with Crippen LogP contribution in [0.25, 0.3) is 111 Å². The second-order valence-corrected chi connectivity index (χ2v) is 20.4. The highest BCUT2D eigenvalue weighted by molar-refractivity contribution is 6.13. The fourth-order valence-electron chi connectivity index (χ4n) is 11.5. The molecule has 12 rings (SSSR count). The molecule has 0 bridgehead atoms. The first-order valence-electron chi connectivity index (χ1n) is 24.9. The fraction of sp³-hybridized carbons (Fsp3) is 0.118. The lowest BCUT2D eigenvalue weighted by atomic mass is 9.97. The highest BCUT2D eigenvalue weighted by Gasteiger charge is 2.22. The molecule has 3 heterocycles. The Kier molecular flexibility index (Phi) is 10.7. The van der Waals surface area contributed by atoms with Crippen molar-refractivity contribution in [2.45, 2.75) is 55.4 Å². The van der Waals surface area contributed by atoms with Crippen molar-refractivity contribution >= 4 is 43.6 Å². The summed E-state index contributed by atoms with van der Waals surface area (Å²) in [6.45, 7) is 17.4. The molecule has 0 aliphatic rings. The number of aromatic nitrogens is 3. The standard InChI is InChI=1S/C68H54N4/c1-40-21-41(2)26-54(25-40)50-13-17-63-59(33-50)60-34-51(55-27-42(3)22-43(4)28-55)14-18-64(60)71(63)67-39-70-68(37-58(67)49-11-9-48(38-69)10-12-49)72-65-19-15-52(56-29-44(5)23-45(6)30-56)35-61(65)62-36-53(16-20-66(62)72)57-31-46(7)24-47(8)32-57/h9-37,39H,1-8H3. The summed E-state index contributed by atoms with van der Waals surface area (Å²) in [7, 11) is 0. The summed E-state index contributed by atoms with van der Waals surface area (Å²) in [5, 5.41) is 14.6. The Balaban J connectivity index is 1.12. The zero-order chi connectivity index (χ0) is 49.5. The fourth-order valence-corrected chi connectivity index (χ4v) is 11.5. The summed E-state index contributed by atoms with van der Waals surface area (Å²) < 4.78 is 4.72. The minimum Gasteiger partial charge on any atom is -0.307 e. The lowest BCUT2D eigenvalue weighted by Crippen LogP contribution is -2.03. The minimum atomic E-state index is 0.617. The van der Waals surface area contributed by atoms with Crippen LogP contribution >= 0.6 is 0 Å². The number of benzene rings is 9. The van der Waals surface area contributed by atoms with Gasteiger partial charge in [-0.25, -0.2) is 4.98 Å². The number of rotatable bonds is 7. The van der Waals surface area contributed by atoms with Gasteiger partial charge < -0.3 is 4.57 Å². The maximum atomic E-state index is 9.95. The summed E-state index contributed by atoms with van der Waals surface area (Å²) in [5.74, 6) is 0.811. The highest BCUT2D eigenvalue weighted by atomic mass is 15.1. The monoisotopic (exact) mass is 926 g/mol. The van der Waals surface area contributed by atoms with Crippen molar-refractivity contribution in [3.63, 3.8) is 0 Å². The first-order chi connectivity index (χ1) is 34.8. The van der Waals surface area contributed by atoms with Crippen molar-refractivity contribution < 1.29 is 0 Å². The van der Waals surface area contributed by atoms with Crippen LogP contribution in [0.3, 0.4) is 0 Å². The van der Waals surface area contributed by atoms with Gasteiger partial charge in [-0.05, 0) is 172 Å². The summed E-state index contributed by atoms with van der Waals surface area (Å²) in [6.07, 6.45) is 2.06. The van der Waals surface area contributed by atoms with Crippen LogP contribution in [-0.4, -0.2) is 14.1 Å². The number of hydrogen-bond acceptors (Lipinski definition) is 2. The first kappa shape index (κ1) is 44.4. The third kappa shape index (κ3) is 7.85. The van der Waals surface area contributed by atoms with E-state index in [-0.39, 0.29) is 0 Å². The van der Waals surface area contributed by atoms with Gasteiger partial charge in [-0.3, -0.25) is 4.57 Å². The predicted molar refractivity (Wildman–Crippen MR) is 303 cm³/mol. The van der Waals surface area contributed by atoms with Gasteiger partial charge in [-0.1, -0.05) is 154 Å². The zero-order valence-corrected chi connectivity index (χ0v) is 42.1. The number of fused-ring (bicyclic) bond motifs is 6. The lowest BCUT2D eigenvalue weighted by Gasteiger charge is -2.17. The molecule has 0 atom stereocenters. The maximum Gasteiger partial charge on any atom is 0.138 e. The van der Waals surface area contributed by atoms with E-state index in [1.807, 2.05) is 12.1 Å². The molecular formula is C68H54N4. The van der Waals surface area contributed by atoms with Crippen molar-refractivity contribution in [3.05, 3.63) is 232 Å². The molecule has 0 radical (unpaired) electrons. The van der Waals surface area contributed by atoms with Crippen LogP contribution in [0.1, 0.15) is 50.1 Å². The molecule has 0 aliphatic carbocycles. The Morgan fingerprint density at radius 1 is 0.319 bits per heavy atom. The Hall–Kier alpha value is -8.78. The molecule has 4 nitrogen and oxygen atoms in total. The number of nitrogens with zero attached hydrogens (tertiary/aromatic N) is 4. The molecule has 0 N–H and O–H groups in total. The average molecular weight is 927 g/mol. The SMILES string of the molecule is Cc1cc(C)cc(-c2ccc3c(c2)c2cc(-c4cc(C)cc(C)c4)ccc2n3-c2cc(-c3ccc(C#N)cc3)c(-n3c4ccc(-c5cc(C)cc(C)c5)cc4c4cc(-c5cc(C)cc(C)c5)ccc43)cn2)c1. The Morgan fingerprint density at radius 2 is 0.625 bits per heavy atom. The van der Waals surface area contributed by atoms with Crippen LogP contribution in [0.4, 0.5) is 0 Å². The predicted octanol–water partition coefficient (Wildman–Crippen LogP) is 17.9. The Labute approximate surface area is 421 Å². The highest BCUT2D eigenvalue weighted by Crippen LogP contribution is 2.43. The van der Waals surface area contributed by atoms with Gasteiger partial charge in [-0.2, -0.15) is 5.26 Å². The molecule has 0 saturated carbocycles. The topological polar surface area (TPSA) is 46.5 Å². The lowest BCUT2D eigenvalue weighted by molar-refractivity contribution is 1.06. The van der Waals surface area contributed by atoms with Gasteiger partial charge in [0.1, 0.15) is 5.82 Å². The molecule has 72 heavy (non-hydrogen) atoms. The summed E-state index contributed by atoms with van der Waals surface area (Å²) >= 11 is 0. The van der Waals surface area contributed by atoms with Gasteiger partial charge in [0.15, 0.2) is 0 Å². The molecule has 0 saturated heterocycles. The molecule has 12 aromatic rings. The van der Waals surface area contributed by atoms with E-state index < -0.39 is 0 Å². The molecule has 0 unspecified atom stereocenters. The van der Waals surface area contributed by atoms with Crippen LogP contribution in [0.15, 0.2) is 182 Å². The van der Waals surface area contributed by atoms with Crippen molar-refractivity contribution in [2.24, 2.45) is 0 Å². The molecule has 0 amide bonds. The van der Waals surface area contributed by atoms with Gasteiger partial charge >= 0.3 is 0 Å². The van der Waals surface area contributed by atoms with Gasteiger partial charge in [0.2, 0.25) is 0 Å². The summed E-state index contributed by atoms with van der Waals surface area (Å²) in [5.41, 5.74) is 27.4. The van der Waals surface area contributed by atoms with E-state index in [2.05, 4.69) is 241 Å². The summed E-state index contributed by atoms with van der Waals surface area (Å²) in [6, 6.07) is 67.3. The van der Waals surface area contributed by atoms with Gasteiger partial charge in [-0.15, -0.1) is 0 Å². The van der Waals surface area contributed by atoms with E-state index in [0.717, 1.165) is 44.7 Å². The molecule has 0 spiro atoms. The quantitative estimate of drug-likeness (QED) is 0.160. The number of hydrogen-bond donors (Lipinski definition) is 0. The maximum absolute atomic E-state index is 9.95. The van der Waals surface area contributed by atoms with Gasteiger partial charge in [0, 0.05) is 27.1 Å². The minimum absolute atomic E-state index is 0.617. The van der Waals surface area contributed by atoms with Crippen molar-refractivity contribution in [3.8, 4) is 73.2 Å². The van der Waals surface area contributed by atoms with Gasteiger partial charge in [0.05, 0.1) is 45.6 Å². The van der Waals surface area contributed by atoms with E-state index in [4.69, 9.17) is 4.98 Å². The first-order valence-corrected chi connectivity index (χ1v) is 24.9. The van der Waals surface area contributed by atoms with E-state index in [1.165, 1.54) is 111 Å². The van der Waals surface area contributed by atoms with Crippen molar-refractivity contribution in [1.29, 1.82) is 5.26 Å². The number of nitriles is 1. The van der Waals surface area contributed by atoms with Gasteiger partial charge in [0.25, 0.3) is 0 Å². The van der Waals surface area contributed by atoms with Crippen LogP contribution in [0.2, 0.25) is 0 Å². The molecule has 0 aliphatic heterocycles. The molecule has 346 valence electrons. The third-order valence-corrected chi connectivity index (χ3v) is 14.4. The normalized spacial score (nSPS) is 11.6. The second-order valence-electron chi connectivity index (χ2n) is 20.4. The Morgan fingerprint density at radius 3 is 0.944 bits per heavy atom. The van der Waals surface area contributed by atoms with E-state index >= 15 is 0 Å². The number of pyridine rings is 1. The summed E-state index contributed by atoms with van der Waals surface area (Å²) in [4.78, 5) is 5.48. The van der Waals surface area contributed by atoms with Crippen molar-refractivity contribution in [2.75, 3.05) is 0 Å². The Bertz CT molecular complexity index is 3950. The van der Waals surface area contributed by atoms with Crippen LogP contribution in [0.5, 0.6) is 0 Å². The second kappa shape index (κ2) is 17.3. The van der Waals surface area contributed by atoms with Crippen molar-refractivity contribution in [1.82, 2.24) is 14.1 Å². The smallest absolute Gasteiger partial charge is 0.138 e. The average Bonchev–Trinajstić information content (AvgIpc) is 3.86. The molecule has 9 aromatic carbocycles.